The number of ether oxygens (including phenoxy) is 2. The number of piperidine rings is 1. The maximum absolute atomic E-state index is 13.3. The van der Waals surface area contributed by atoms with E-state index in [1.54, 1.807) is 40.3 Å². The maximum atomic E-state index is 13.3. The minimum Gasteiger partial charge on any atom is -0.441 e. The van der Waals surface area contributed by atoms with E-state index in [9.17, 15) is 9.59 Å². The van der Waals surface area contributed by atoms with Gasteiger partial charge in [-0.05, 0) is 42.0 Å². The van der Waals surface area contributed by atoms with Gasteiger partial charge in [-0.25, -0.2) is 9.78 Å². The van der Waals surface area contributed by atoms with Gasteiger partial charge in [0.15, 0.2) is 0 Å². The first-order chi connectivity index (χ1) is 17.0. The van der Waals surface area contributed by atoms with Crippen molar-refractivity contribution in [3.05, 3.63) is 89.6 Å². The van der Waals surface area contributed by atoms with Crippen LogP contribution < -0.4 is 4.74 Å². The van der Waals surface area contributed by atoms with Crippen molar-refractivity contribution in [1.82, 2.24) is 14.8 Å². The van der Waals surface area contributed by atoms with Crippen molar-refractivity contribution in [1.29, 1.82) is 5.26 Å². The summed E-state index contributed by atoms with van der Waals surface area (Å²) < 4.78 is 11.7. The molecule has 2 aromatic carbocycles. The first kappa shape index (κ1) is 22.4. The second-order valence-corrected chi connectivity index (χ2v) is 8.78. The monoisotopic (exact) mass is 468 g/mol. The number of aromatic nitrogens is 1. The van der Waals surface area contributed by atoms with E-state index in [4.69, 9.17) is 14.7 Å². The van der Waals surface area contributed by atoms with E-state index in [1.165, 1.54) is 0 Å². The van der Waals surface area contributed by atoms with Crippen molar-refractivity contribution in [2.24, 2.45) is 0 Å². The van der Waals surface area contributed by atoms with Crippen molar-refractivity contribution < 1.29 is 19.1 Å². The smallest absolute Gasteiger partial charge is 0.410 e. The molecule has 176 valence electrons. The normalized spacial score (nSPS) is 16.6. The summed E-state index contributed by atoms with van der Waals surface area (Å²) in [6.45, 7) is 1.77. The highest BCUT2D eigenvalue weighted by atomic mass is 16.6. The Morgan fingerprint density at radius 3 is 2.66 bits per heavy atom. The van der Waals surface area contributed by atoms with Crippen LogP contribution in [-0.2, 0) is 11.3 Å². The Labute approximate surface area is 203 Å². The number of carbonyl (C=O) groups excluding carboxylic acids is 2. The van der Waals surface area contributed by atoms with Crippen LogP contribution in [0.1, 0.15) is 34.3 Å². The number of benzene rings is 2. The zero-order chi connectivity index (χ0) is 24.3. The molecule has 1 aromatic heterocycles. The van der Waals surface area contributed by atoms with Gasteiger partial charge >= 0.3 is 6.09 Å². The average Bonchev–Trinajstić information content (AvgIpc) is 3.19. The molecule has 3 heterocycles. The first-order valence-corrected chi connectivity index (χ1v) is 11.5. The van der Waals surface area contributed by atoms with Crippen LogP contribution in [0.25, 0.3) is 0 Å². The molecular weight excluding hydrogens is 444 g/mol. The summed E-state index contributed by atoms with van der Waals surface area (Å²) in [6.07, 6.45) is 2.33. The summed E-state index contributed by atoms with van der Waals surface area (Å²) in [5.74, 6) is 0.714. The number of rotatable bonds is 5. The summed E-state index contributed by atoms with van der Waals surface area (Å²) in [5.41, 5.74) is 1.23. The summed E-state index contributed by atoms with van der Waals surface area (Å²) >= 11 is 0. The van der Waals surface area contributed by atoms with Crippen LogP contribution in [0.2, 0.25) is 0 Å². The molecule has 2 fully saturated rings. The highest BCUT2D eigenvalue weighted by Crippen LogP contribution is 2.35. The number of amides is 2. The fourth-order valence-corrected chi connectivity index (χ4v) is 4.56. The van der Waals surface area contributed by atoms with E-state index in [-0.39, 0.29) is 17.9 Å². The van der Waals surface area contributed by atoms with Gasteiger partial charge in [-0.15, -0.1) is 0 Å². The Bertz CT molecular complexity index is 1280. The van der Waals surface area contributed by atoms with Gasteiger partial charge in [-0.2, -0.15) is 5.26 Å². The van der Waals surface area contributed by atoms with E-state index >= 15 is 0 Å². The molecule has 2 aliphatic rings. The summed E-state index contributed by atoms with van der Waals surface area (Å²) in [7, 11) is 0. The van der Waals surface area contributed by atoms with Crippen molar-refractivity contribution in [2.75, 3.05) is 19.6 Å². The Balaban J connectivity index is 1.23. The van der Waals surface area contributed by atoms with E-state index in [0.29, 0.717) is 55.9 Å². The SMILES string of the molecule is N#Cc1cccc(CN2CC3(CCN(C(=O)c4cccnc4Oc4ccccc4)CC3)OC2=O)c1. The van der Waals surface area contributed by atoms with Crippen molar-refractivity contribution >= 4 is 12.0 Å². The van der Waals surface area contributed by atoms with Crippen LogP contribution in [0, 0.1) is 11.3 Å². The Hall–Kier alpha value is -4.38. The molecule has 8 heteroatoms. The second kappa shape index (κ2) is 9.47. The standard InChI is InChI=1S/C27H24N4O4/c28-17-20-6-4-7-21(16-20)18-31-19-27(35-26(31)33)11-14-30(15-12-27)25(32)23-10-5-13-29-24(23)34-22-8-2-1-3-9-22/h1-10,13,16H,11-12,14-15,18-19H2. The molecule has 0 aliphatic carbocycles. The lowest BCUT2D eigenvalue weighted by Gasteiger charge is -2.37. The van der Waals surface area contributed by atoms with Crippen LogP contribution in [0.3, 0.4) is 0 Å². The number of para-hydroxylation sites is 1. The van der Waals surface area contributed by atoms with E-state index in [1.807, 2.05) is 42.5 Å². The second-order valence-electron chi connectivity index (χ2n) is 8.78. The molecule has 0 N–H and O–H groups in total. The van der Waals surface area contributed by atoms with E-state index < -0.39 is 5.60 Å². The average molecular weight is 469 g/mol. The van der Waals surface area contributed by atoms with E-state index in [2.05, 4.69) is 11.1 Å². The van der Waals surface area contributed by atoms with Gasteiger partial charge in [0.1, 0.15) is 16.9 Å². The lowest BCUT2D eigenvalue weighted by Crippen LogP contribution is -2.48. The third-order valence-corrected chi connectivity index (χ3v) is 6.39. The maximum Gasteiger partial charge on any atom is 0.410 e. The highest BCUT2D eigenvalue weighted by Gasteiger charge is 2.47. The summed E-state index contributed by atoms with van der Waals surface area (Å²) in [5, 5.41) is 9.12. The molecule has 0 radical (unpaired) electrons. The van der Waals surface area contributed by atoms with Gasteiger partial charge < -0.3 is 14.4 Å². The van der Waals surface area contributed by atoms with Crippen LogP contribution >= 0.6 is 0 Å². The highest BCUT2D eigenvalue weighted by molar-refractivity contribution is 5.96. The van der Waals surface area contributed by atoms with Gasteiger partial charge in [0, 0.05) is 38.7 Å². The molecule has 0 unspecified atom stereocenters. The predicted octanol–water partition coefficient (Wildman–Crippen LogP) is 4.37. The van der Waals surface area contributed by atoms with Crippen LogP contribution in [-0.4, -0.2) is 52.0 Å². The van der Waals surface area contributed by atoms with Crippen molar-refractivity contribution in [3.63, 3.8) is 0 Å². The molecule has 0 atom stereocenters. The minimum atomic E-state index is -0.612. The van der Waals surface area contributed by atoms with Crippen molar-refractivity contribution in [3.8, 4) is 17.7 Å². The Kier molecular flexibility index (Phi) is 6.06. The minimum absolute atomic E-state index is 0.159. The molecule has 3 aromatic rings. The van der Waals surface area contributed by atoms with Crippen molar-refractivity contribution in [2.45, 2.75) is 25.0 Å². The fraction of sp³-hybridized carbons (Fsp3) is 0.259. The number of pyridine rings is 1. The molecule has 2 aliphatic heterocycles. The number of nitrogens with zero attached hydrogens (tertiary/aromatic N) is 4. The van der Waals surface area contributed by atoms with Crippen LogP contribution in [0.5, 0.6) is 11.6 Å². The summed E-state index contributed by atoms with van der Waals surface area (Å²) in [4.78, 5) is 33.6. The lowest BCUT2D eigenvalue weighted by atomic mass is 9.91. The van der Waals surface area contributed by atoms with Crippen LogP contribution in [0.4, 0.5) is 4.79 Å². The largest absolute Gasteiger partial charge is 0.441 e. The molecule has 2 saturated heterocycles. The van der Waals surface area contributed by atoms with Crippen LogP contribution in [0.15, 0.2) is 72.9 Å². The van der Waals surface area contributed by atoms with Gasteiger partial charge in [0.25, 0.3) is 5.91 Å². The Morgan fingerprint density at radius 2 is 1.89 bits per heavy atom. The third kappa shape index (κ3) is 4.80. The molecule has 0 saturated carbocycles. The Morgan fingerprint density at radius 1 is 1.09 bits per heavy atom. The zero-order valence-corrected chi connectivity index (χ0v) is 19.1. The van der Waals surface area contributed by atoms with Gasteiger partial charge in [-0.3, -0.25) is 9.69 Å². The molecule has 8 nitrogen and oxygen atoms in total. The molecule has 5 rings (SSSR count). The zero-order valence-electron chi connectivity index (χ0n) is 19.1. The third-order valence-electron chi connectivity index (χ3n) is 6.39. The number of carbonyl (C=O) groups is 2. The molecule has 2 amide bonds. The molecule has 0 bridgehead atoms. The predicted molar refractivity (Wildman–Crippen MR) is 127 cm³/mol. The van der Waals surface area contributed by atoms with E-state index in [0.717, 1.165) is 5.56 Å². The van der Waals surface area contributed by atoms with Gasteiger partial charge in [0.2, 0.25) is 5.88 Å². The topological polar surface area (TPSA) is 95.8 Å². The quantitative estimate of drug-likeness (QED) is 0.552. The first-order valence-electron chi connectivity index (χ1n) is 11.5. The molecule has 1 spiro atoms. The number of nitriles is 1. The number of hydrogen-bond donors (Lipinski definition) is 0. The number of likely N-dealkylation sites (tertiary alicyclic amines) is 1. The molecule has 35 heavy (non-hydrogen) atoms. The van der Waals surface area contributed by atoms with Gasteiger partial charge in [-0.1, -0.05) is 30.3 Å². The molecular formula is C27H24N4O4. The fourth-order valence-electron chi connectivity index (χ4n) is 4.56. The summed E-state index contributed by atoms with van der Waals surface area (Å²) in [6, 6.07) is 22.0. The lowest BCUT2D eigenvalue weighted by molar-refractivity contribution is 0.00306. The van der Waals surface area contributed by atoms with Gasteiger partial charge in [0.05, 0.1) is 18.2 Å². The number of hydrogen-bond acceptors (Lipinski definition) is 6.